The van der Waals surface area contributed by atoms with E-state index >= 15 is 0 Å². The van der Waals surface area contributed by atoms with Crippen LogP contribution in [0.5, 0.6) is 11.5 Å². The van der Waals surface area contributed by atoms with Crippen LogP contribution >= 0.6 is 0 Å². The molecule has 0 fully saturated rings. The predicted molar refractivity (Wildman–Crippen MR) is 110 cm³/mol. The molecule has 0 saturated carbocycles. The summed E-state index contributed by atoms with van der Waals surface area (Å²) in [4.78, 5) is 26.4. The molecule has 0 aromatic heterocycles. The molecule has 0 bridgehead atoms. The van der Waals surface area contributed by atoms with Crippen molar-refractivity contribution in [1.29, 1.82) is 0 Å². The minimum Gasteiger partial charge on any atom is -0.454 e. The van der Waals surface area contributed by atoms with Crippen molar-refractivity contribution in [2.45, 2.75) is 39.9 Å². The molecule has 7 heteroatoms. The molecular weight excluding hydrogens is 370 g/mol. The molecule has 1 aliphatic rings. The molecule has 0 atom stereocenters. The molecular formula is C22H27N3O4. The summed E-state index contributed by atoms with van der Waals surface area (Å²) in [5, 5.41) is 5.57. The number of urea groups is 1. The van der Waals surface area contributed by atoms with Crippen LogP contribution in [-0.2, 0) is 13.1 Å². The summed E-state index contributed by atoms with van der Waals surface area (Å²) in [6.45, 7) is 7.48. The van der Waals surface area contributed by atoms with E-state index in [2.05, 4.69) is 10.6 Å². The summed E-state index contributed by atoms with van der Waals surface area (Å²) in [5.41, 5.74) is 2.53. The van der Waals surface area contributed by atoms with Crippen molar-refractivity contribution in [2.75, 3.05) is 13.3 Å². The molecule has 0 saturated heterocycles. The average molecular weight is 397 g/mol. The fourth-order valence-electron chi connectivity index (χ4n) is 3.03. The Hall–Kier alpha value is -3.22. The zero-order valence-electron chi connectivity index (χ0n) is 17.0. The normalized spacial score (nSPS) is 12.0. The molecule has 2 aromatic rings. The molecule has 0 radical (unpaired) electrons. The second-order valence-electron chi connectivity index (χ2n) is 7.19. The summed E-state index contributed by atoms with van der Waals surface area (Å²) < 4.78 is 10.7. The minimum atomic E-state index is -0.207. The molecule has 0 unspecified atom stereocenters. The Labute approximate surface area is 171 Å². The summed E-state index contributed by atoms with van der Waals surface area (Å²) in [6.07, 6.45) is 0. The third-order valence-electron chi connectivity index (χ3n) is 4.55. The van der Waals surface area contributed by atoms with E-state index < -0.39 is 0 Å². The van der Waals surface area contributed by atoms with Gasteiger partial charge < -0.3 is 25.0 Å². The Bertz CT molecular complexity index is 865. The Morgan fingerprint density at radius 2 is 1.72 bits per heavy atom. The second-order valence-corrected chi connectivity index (χ2v) is 7.19. The monoisotopic (exact) mass is 397 g/mol. The fourth-order valence-corrected chi connectivity index (χ4v) is 3.03. The van der Waals surface area contributed by atoms with Crippen LogP contribution in [0.15, 0.2) is 42.5 Å². The molecule has 2 N–H and O–H groups in total. The third-order valence-corrected chi connectivity index (χ3v) is 4.55. The summed E-state index contributed by atoms with van der Waals surface area (Å²) in [5.74, 6) is 1.40. The van der Waals surface area contributed by atoms with E-state index in [-0.39, 0.29) is 24.8 Å². The van der Waals surface area contributed by atoms with E-state index in [4.69, 9.17) is 9.47 Å². The zero-order chi connectivity index (χ0) is 20.8. The van der Waals surface area contributed by atoms with Gasteiger partial charge in [0.15, 0.2) is 11.5 Å². The minimum absolute atomic E-state index is 0.0396. The molecule has 3 amide bonds. The van der Waals surface area contributed by atoms with Crippen LogP contribution in [0.1, 0.15) is 42.3 Å². The quantitative estimate of drug-likeness (QED) is 0.751. The Balaban J connectivity index is 1.60. The van der Waals surface area contributed by atoms with Crippen molar-refractivity contribution in [2.24, 2.45) is 0 Å². The van der Waals surface area contributed by atoms with Crippen LogP contribution in [0.4, 0.5) is 4.79 Å². The van der Waals surface area contributed by atoms with E-state index in [0.717, 1.165) is 16.9 Å². The van der Waals surface area contributed by atoms with E-state index in [1.54, 1.807) is 17.0 Å². The lowest BCUT2D eigenvalue weighted by atomic mass is 10.1. The van der Waals surface area contributed by atoms with E-state index in [0.29, 0.717) is 30.9 Å². The smallest absolute Gasteiger partial charge is 0.315 e. The number of carbonyl (C=O) groups excluding carboxylic acids is 2. The molecule has 0 aliphatic carbocycles. The SMILES string of the molecule is CCN(Cc1ccc2c(c1)OCO2)C(=O)c1ccc(CNC(=O)NC(C)C)cc1. The van der Waals surface area contributed by atoms with Crippen molar-refractivity contribution >= 4 is 11.9 Å². The number of nitrogens with one attached hydrogen (secondary N) is 2. The van der Waals surface area contributed by atoms with Crippen LogP contribution in [0.3, 0.4) is 0 Å². The highest BCUT2D eigenvalue weighted by atomic mass is 16.7. The lowest BCUT2D eigenvalue weighted by Gasteiger charge is -2.21. The molecule has 7 nitrogen and oxygen atoms in total. The van der Waals surface area contributed by atoms with E-state index in [1.807, 2.05) is 51.1 Å². The lowest BCUT2D eigenvalue weighted by molar-refractivity contribution is 0.0752. The van der Waals surface area contributed by atoms with Gasteiger partial charge in [0.2, 0.25) is 6.79 Å². The van der Waals surface area contributed by atoms with Gasteiger partial charge >= 0.3 is 6.03 Å². The van der Waals surface area contributed by atoms with Crippen molar-refractivity contribution in [3.05, 3.63) is 59.2 Å². The summed E-state index contributed by atoms with van der Waals surface area (Å²) in [6, 6.07) is 12.9. The zero-order valence-corrected chi connectivity index (χ0v) is 17.0. The Morgan fingerprint density at radius 3 is 2.41 bits per heavy atom. The molecule has 1 aliphatic heterocycles. The van der Waals surface area contributed by atoms with Crippen LogP contribution in [0.25, 0.3) is 0 Å². The van der Waals surface area contributed by atoms with Gasteiger partial charge in [0.25, 0.3) is 5.91 Å². The number of fused-ring (bicyclic) bond motifs is 1. The van der Waals surface area contributed by atoms with Gasteiger partial charge in [-0.25, -0.2) is 4.79 Å². The van der Waals surface area contributed by atoms with Gasteiger partial charge in [0.1, 0.15) is 0 Å². The van der Waals surface area contributed by atoms with E-state index in [9.17, 15) is 9.59 Å². The van der Waals surface area contributed by atoms with Gasteiger partial charge in [-0.05, 0) is 56.2 Å². The average Bonchev–Trinajstić information content (AvgIpc) is 3.17. The van der Waals surface area contributed by atoms with Crippen molar-refractivity contribution in [1.82, 2.24) is 15.5 Å². The summed E-state index contributed by atoms with van der Waals surface area (Å²) >= 11 is 0. The Morgan fingerprint density at radius 1 is 1.03 bits per heavy atom. The number of rotatable bonds is 7. The second kappa shape index (κ2) is 9.32. The highest BCUT2D eigenvalue weighted by Gasteiger charge is 2.18. The first-order valence-electron chi connectivity index (χ1n) is 9.77. The molecule has 1 heterocycles. The van der Waals surface area contributed by atoms with Crippen molar-refractivity contribution in [3.8, 4) is 11.5 Å². The molecule has 154 valence electrons. The van der Waals surface area contributed by atoms with Gasteiger partial charge in [-0.1, -0.05) is 18.2 Å². The van der Waals surface area contributed by atoms with Crippen LogP contribution < -0.4 is 20.1 Å². The fraction of sp³-hybridized carbons (Fsp3) is 0.364. The van der Waals surface area contributed by atoms with Gasteiger partial charge in [-0.3, -0.25) is 4.79 Å². The number of nitrogens with zero attached hydrogens (tertiary/aromatic N) is 1. The molecule has 3 rings (SSSR count). The first kappa shape index (κ1) is 20.5. The van der Waals surface area contributed by atoms with Gasteiger partial charge in [0, 0.05) is 31.2 Å². The number of ether oxygens (including phenoxy) is 2. The van der Waals surface area contributed by atoms with Gasteiger partial charge in [0.05, 0.1) is 0 Å². The molecule has 29 heavy (non-hydrogen) atoms. The topological polar surface area (TPSA) is 79.9 Å². The van der Waals surface area contributed by atoms with Crippen LogP contribution in [-0.4, -0.2) is 36.2 Å². The van der Waals surface area contributed by atoms with Crippen LogP contribution in [0, 0.1) is 0 Å². The van der Waals surface area contributed by atoms with Crippen LogP contribution in [0.2, 0.25) is 0 Å². The molecule has 2 aromatic carbocycles. The number of hydrogen-bond donors (Lipinski definition) is 2. The largest absolute Gasteiger partial charge is 0.454 e. The van der Waals surface area contributed by atoms with Gasteiger partial charge in [-0.15, -0.1) is 0 Å². The van der Waals surface area contributed by atoms with Crippen molar-refractivity contribution < 1.29 is 19.1 Å². The lowest BCUT2D eigenvalue weighted by Crippen LogP contribution is -2.39. The maximum atomic E-state index is 12.9. The number of amides is 3. The highest BCUT2D eigenvalue weighted by molar-refractivity contribution is 5.94. The standard InChI is InChI=1S/C22H27N3O4/c1-4-25(13-17-7-10-19-20(11-17)29-14-28-19)21(26)18-8-5-16(6-9-18)12-23-22(27)24-15(2)3/h5-11,15H,4,12-14H2,1-3H3,(H2,23,24,27). The third kappa shape index (κ3) is 5.40. The Kier molecular flexibility index (Phi) is 6.59. The highest BCUT2D eigenvalue weighted by Crippen LogP contribution is 2.32. The first-order valence-corrected chi connectivity index (χ1v) is 9.77. The number of benzene rings is 2. The first-order chi connectivity index (χ1) is 14.0. The maximum Gasteiger partial charge on any atom is 0.315 e. The maximum absolute atomic E-state index is 12.9. The number of hydrogen-bond acceptors (Lipinski definition) is 4. The molecule has 0 spiro atoms. The van der Waals surface area contributed by atoms with Crippen molar-refractivity contribution in [3.63, 3.8) is 0 Å². The summed E-state index contributed by atoms with van der Waals surface area (Å²) in [7, 11) is 0. The van der Waals surface area contributed by atoms with E-state index in [1.165, 1.54) is 0 Å². The number of carbonyl (C=O) groups is 2. The predicted octanol–water partition coefficient (Wildman–Crippen LogP) is 3.29. The van der Waals surface area contributed by atoms with Gasteiger partial charge in [-0.2, -0.15) is 0 Å².